The number of hydrogen-bond donors (Lipinski definition) is 1. The topological polar surface area (TPSA) is 84.3 Å². The van der Waals surface area contributed by atoms with Crippen molar-refractivity contribution in [2.24, 2.45) is 7.05 Å². The lowest BCUT2D eigenvalue weighted by Gasteiger charge is -2.34. The molecule has 0 atom stereocenters. The number of halogens is 2. The Morgan fingerprint density at radius 2 is 1.93 bits per heavy atom. The number of nitrogens with one attached hydrogen (secondary N) is 1. The predicted molar refractivity (Wildman–Crippen MR) is 104 cm³/mol. The summed E-state index contributed by atoms with van der Waals surface area (Å²) >= 11 is 0. The Balaban J connectivity index is 1.55. The Morgan fingerprint density at radius 3 is 2.57 bits per heavy atom. The number of hydrogen-bond acceptors (Lipinski definition) is 4. The van der Waals surface area contributed by atoms with E-state index in [9.17, 15) is 23.2 Å². The molecular formula is C21H22F2N4O3. The maximum atomic E-state index is 13.5. The summed E-state index contributed by atoms with van der Waals surface area (Å²) in [6, 6.07) is 2.97. The third-order valence-corrected chi connectivity index (χ3v) is 6.05. The molecule has 1 N–H and O–H groups in total. The van der Waals surface area contributed by atoms with E-state index in [1.807, 2.05) is 6.07 Å². The lowest BCUT2D eigenvalue weighted by atomic mass is 9.80. The van der Waals surface area contributed by atoms with Crippen LogP contribution in [0, 0.1) is 6.92 Å². The Bertz CT molecular complexity index is 1020. The van der Waals surface area contributed by atoms with Gasteiger partial charge in [-0.2, -0.15) is 0 Å². The second-order valence-electron chi connectivity index (χ2n) is 8.05. The number of alkyl halides is 2. The molecule has 1 saturated carbocycles. The molecule has 1 saturated heterocycles. The number of aryl methyl sites for hydroxylation is 1. The second kappa shape index (κ2) is 7.00. The van der Waals surface area contributed by atoms with Crippen molar-refractivity contribution in [2.45, 2.75) is 44.1 Å². The van der Waals surface area contributed by atoms with Crippen LogP contribution in [0.1, 0.15) is 41.6 Å². The predicted octanol–water partition coefficient (Wildman–Crippen LogP) is 3.08. The standard InChI is InChI=1S/C21H22F2N4O3/c1-13-15(11-26(2)17(13)14-4-3-9-24-10-14)16(28)12-27-18(29)20(25-19(27)30)5-7-21(22,23)8-6-20/h3-4,9-11H,5-8,12H2,1-2H3,(H,25,30). The minimum Gasteiger partial charge on any atom is -0.350 e. The summed E-state index contributed by atoms with van der Waals surface area (Å²) in [7, 11) is 1.80. The van der Waals surface area contributed by atoms with Crippen LogP contribution in [0.2, 0.25) is 0 Å². The number of pyridine rings is 1. The molecule has 1 spiro atoms. The Kier molecular flexibility index (Phi) is 4.71. The number of rotatable bonds is 4. The largest absolute Gasteiger partial charge is 0.350 e. The minimum atomic E-state index is -2.83. The molecule has 2 aromatic rings. The van der Waals surface area contributed by atoms with E-state index in [0.29, 0.717) is 5.56 Å². The Labute approximate surface area is 172 Å². The van der Waals surface area contributed by atoms with E-state index in [0.717, 1.165) is 21.7 Å². The molecule has 3 amide bonds. The summed E-state index contributed by atoms with van der Waals surface area (Å²) < 4.78 is 28.8. The summed E-state index contributed by atoms with van der Waals surface area (Å²) in [6.07, 6.45) is 3.81. The van der Waals surface area contributed by atoms with E-state index in [2.05, 4.69) is 10.3 Å². The number of ketones is 1. The maximum Gasteiger partial charge on any atom is 0.325 e. The summed E-state index contributed by atoms with van der Waals surface area (Å²) in [5.41, 5.74) is 1.44. The quantitative estimate of drug-likeness (QED) is 0.613. The lowest BCUT2D eigenvalue weighted by molar-refractivity contribution is -0.135. The molecule has 0 aromatic carbocycles. The van der Waals surface area contributed by atoms with Crippen LogP contribution < -0.4 is 5.32 Å². The van der Waals surface area contributed by atoms with Gasteiger partial charge in [0.1, 0.15) is 5.54 Å². The lowest BCUT2D eigenvalue weighted by Crippen LogP contribution is -2.51. The van der Waals surface area contributed by atoms with Gasteiger partial charge in [-0.1, -0.05) is 0 Å². The monoisotopic (exact) mass is 416 g/mol. The van der Waals surface area contributed by atoms with Gasteiger partial charge in [-0.15, -0.1) is 0 Å². The highest BCUT2D eigenvalue weighted by Crippen LogP contribution is 2.41. The van der Waals surface area contributed by atoms with Crippen LogP contribution >= 0.6 is 0 Å². The van der Waals surface area contributed by atoms with Crippen molar-refractivity contribution < 1.29 is 23.2 Å². The van der Waals surface area contributed by atoms with Crippen LogP contribution in [0.5, 0.6) is 0 Å². The third-order valence-electron chi connectivity index (χ3n) is 6.05. The molecule has 4 rings (SSSR count). The molecule has 30 heavy (non-hydrogen) atoms. The molecule has 158 valence electrons. The number of Topliss-reactive ketones (excluding diaryl/α,β-unsaturated/α-hetero) is 1. The van der Waals surface area contributed by atoms with Gasteiger partial charge in [0.15, 0.2) is 5.78 Å². The number of amides is 3. The maximum absolute atomic E-state index is 13.5. The van der Waals surface area contributed by atoms with Gasteiger partial charge in [-0.25, -0.2) is 13.6 Å². The second-order valence-corrected chi connectivity index (χ2v) is 8.05. The molecule has 2 fully saturated rings. The molecule has 2 aliphatic rings. The van der Waals surface area contributed by atoms with Gasteiger partial charge in [-0.05, 0) is 37.5 Å². The van der Waals surface area contributed by atoms with E-state index in [1.54, 1.807) is 43.2 Å². The van der Waals surface area contributed by atoms with Gasteiger partial charge >= 0.3 is 6.03 Å². The summed E-state index contributed by atoms with van der Waals surface area (Å²) in [5.74, 6) is -3.82. The van der Waals surface area contributed by atoms with Gasteiger partial charge in [-0.3, -0.25) is 19.5 Å². The van der Waals surface area contributed by atoms with E-state index in [4.69, 9.17) is 0 Å². The third kappa shape index (κ3) is 3.28. The fraction of sp³-hybridized carbons (Fsp3) is 0.429. The average molecular weight is 416 g/mol. The first-order valence-corrected chi connectivity index (χ1v) is 9.75. The molecule has 2 aromatic heterocycles. The highest BCUT2D eigenvalue weighted by Gasteiger charge is 2.55. The molecule has 0 bridgehead atoms. The van der Waals surface area contributed by atoms with Crippen LogP contribution in [-0.4, -0.2) is 50.2 Å². The number of aromatic nitrogens is 2. The van der Waals surface area contributed by atoms with Crippen molar-refractivity contribution in [3.63, 3.8) is 0 Å². The van der Waals surface area contributed by atoms with Crippen molar-refractivity contribution in [1.82, 2.24) is 19.8 Å². The van der Waals surface area contributed by atoms with Gasteiger partial charge in [0.2, 0.25) is 5.92 Å². The van der Waals surface area contributed by atoms with Crippen molar-refractivity contribution in [3.05, 3.63) is 41.9 Å². The van der Waals surface area contributed by atoms with Gasteiger partial charge < -0.3 is 9.88 Å². The number of imide groups is 1. The Hall–Kier alpha value is -3.10. The van der Waals surface area contributed by atoms with Crippen molar-refractivity contribution >= 4 is 17.7 Å². The molecule has 7 nitrogen and oxygen atoms in total. The number of carbonyl (C=O) groups excluding carboxylic acids is 3. The number of urea groups is 1. The number of carbonyl (C=O) groups is 3. The fourth-order valence-corrected chi connectivity index (χ4v) is 4.38. The molecule has 3 heterocycles. The zero-order valence-electron chi connectivity index (χ0n) is 16.7. The molecule has 1 aliphatic heterocycles. The molecule has 9 heteroatoms. The summed E-state index contributed by atoms with van der Waals surface area (Å²) in [6.45, 7) is 1.37. The first-order valence-electron chi connectivity index (χ1n) is 9.75. The van der Waals surface area contributed by atoms with Crippen LogP contribution in [-0.2, 0) is 11.8 Å². The van der Waals surface area contributed by atoms with Crippen LogP contribution in [0.3, 0.4) is 0 Å². The van der Waals surface area contributed by atoms with Gasteiger partial charge in [0.25, 0.3) is 5.91 Å². The first-order chi connectivity index (χ1) is 14.1. The molecule has 0 radical (unpaired) electrons. The van der Waals surface area contributed by atoms with Gasteiger partial charge in [0.05, 0.1) is 12.2 Å². The molecular weight excluding hydrogens is 394 g/mol. The Morgan fingerprint density at radius 1 is 1.23 bits per heavy atom. The van der Waals surface area contributed by atoms with Crippen molar-refractivity contribution in [1.29, 1.82) is 0 Å². The summed E-state index contributed by atoms with van der Waals surface area (Å²) in [4.78, 5) is 43.2. The normalized spacial score (nSPS) is 19.9. The fourth-order valence-electron chi connectivity index (χ4n) is 4.38. The highest BCUT2D eigenvalue weighted by molar-refractivity contribution is 6.11. The highest BCUT2D eigenvalue weighted by atomic mass is 19.3. The van der Waals surface area contributed by atoms with Crippen LogP contribution in [0.25, 0.3) is 11.3 Å². The SMILES string of the molecule is Cc1c(C(=O)CN2C(=O)NC3(CCC(F)(F)CC3)C2=O)cn(C)c1-c1cccnc1. The number of nitrogens with zero attached hydrogens (tertiary/aromatic N) is 3. The van der Waals surface area contributed by atoms with E-state index in [1.165, 1.54) is 0 Å². The van der Waals surface area contributed by atoms with Crippen LogP contribution in [0.4, 0.5) is 13.6 Å². The zero-order chi connectivity index (χ0) is 21.7. The van der Waals surface area contributed by atoms with Crippen molar-refractivity contribution in [3.8, 4) is 11.3 Å². The molecule has 1 aliphatic carbocycles. The first kappa shape index (κ1) is 20.2. The van der Waals surface area contributed by atoms with Gasteiger partial charge in [0, 0.05) is 49.6 Å². The van der Waals surface area contributed by atoms with Crippen molar-refractivity contribution in [2.75, 3.05) is 6.54 Å². The van der Waals surface area contributed by atoms with Crippen LogP contribution in [0.15, 0.2) is 30.7 Å². The van der Waals surface area contributed by atoms with E-state index in [-0.39, 0.29) is 18.6 Å². The van der Waals surface area contributed by atoms with E-state index < -0.39 is 42.8 Å². The smallest absolute Gasteiger partial charge is 0.325 e. The van der Waals surface area contributed by atoms with E-state index >= 15 is 0 Å². The average Bonchev–Trinajstić information content (AvgIpc) is 3.13. The minimum absolute atomic E-state index is 0.134. The molecule has 0 unspecified atom stereocenters. The summed E-state index contributed by atoms with van der Waals surface area (Å²) in [5, 5.41) is 2.56. The zero-order valence-corrected chi connectivity index (χ0v) is 16.7.